The normalized spacial score (nSPS) is 11.6. The van der Waals surface area contributed by atoms with Gasteiger partial charge < -0.3 is 10.4 Å². The second kappa shape index (κ2) is 8.27. The van der Waals surface area contributed by atoms with Gasteiger partial charge in [-0.2, -0.15) is 0 Å². The third-order valence-electron chi connectivity index (χ3n) is 4.35. The predicted octanol–water partition coefficient (Wildman–Crippen LogP) is 4.00. The van der Waals surface area contributed by atoms with Crippen molar-refractivity contribution in [3.8, 4) is 11.1 Å². The van der Waals surface area contributed by atoms with Crippen molar-refractivity contribution in [2.45, 2.75) is 19.4 Å². The molecule has 3 aromatic rings. The lowest BCUT2D eigenvalue weighted by Crippen LogP contribution is -2.31. The molecule has 0 saturated carbocycles. The molecule has 136 valence electrons. The number of aliphatic carboxylic acids is 1. The van der Waals surface area contributed by atoms with Gasteiger partial charge in [0, 0.05) is 11.8 Å². The first-order valence-electron chi connectivity index (χ1n) is 8.64. The molecule has 1 amide bonds. The van der Waals surface area contributed by atoms with Crippen molar-refractivity contribution in [2.75, 3.05) is 0 Å². The third kappa shape index (κ3) is 4.58. The third-order valence-corrected chi connectivity index (χ3v) is 4.35. The molecule has 0 aliphatic carbocycles. The lowest BCUT2D eigenvalue weighted by molar-refractivity contribution is -0.137. The maximum absolute atomic E-state index is 12.6. The van der Waals surface area contributed by atoms with Crippen LogP contribution in [0.3, 0.4) is 0 Å². The van der Waals surface area contributed by atoms with Gasteiger partial charge in [-0.3, -0.25) is 14.6 Å². The highest BCUT2D eigenvalue weighted by Crippen LogP contribution is 2.22. The molecule has 5 heteroatoms. The number of aromatic nitrogens is 1. The molecule has 1 aromatic heterocycles. The lowest BCUT2D eigenvalue weighted by Gasteiger charge is -2.19. The van der Waals surface area contributed by atoms with Crippen LogP contribution in [0.15, 0.2) is 72.9 Å². The van der Waals surface area contributed by atoms with Crippen LogP contribution in [0.4, 0.5) is 0 Å². The van der Waals surface area contributed by atoms with E-state index in [0.717, 1.165) is 22.3 Å². The molecule has 0 fully saturated rings. The largest absolute Gasteiger partial charge is 0.481 e. The molecule has 0 spiro atoms. The first-order valence-corrected chi connectivity index (χ1v) is 8.64. The maximum atomic E-state index is 12.6. The molecule has 5 nitrogen and oxygen atoms in total. The smallest absolute Gasteiger partial charge is 0.305 e. The molecule has 1 heterocycles. The Kier molecular flexibility index (Phi) is 5.61. The topological polar surface area (TPSA) is 79.3 Å². The number of hydrogen-bond donors (Lipinski definition) is 2. The Morgan fingerprint density at radius 1 is 0.963 bits per heavy atom. The number of aryl methyl sites for hydroxylation is 1. The zero-order valence-corrected chi connectivity index (χ0v) is 14.9. The Bertz CT molecular complexity index is 937. The number of carbonyl (C=O) groups is 2. The first-order chi connectivity index (χ1) is 13.0. The number of amides is 1. The number of hydrogen-bond acceptors (Lipinski definition) is 3. The van der Waals surface area contributed by atoms with E-state index in [1.807, 2.05) is 67.6 Å². The van der Waals surface area contributed by atoms with Crippen molar-refractivity contribution in [1.29, 1.82) is 0 Å². The van der Waals surface area contributed by atoms with E-state index in [2.05, 4.69) is 10.3 Å². The molecule has 2 aromatic carbocycles. The van der Waals surface area contributed by atoms with E-state index >= 15 is 0 Å². The number of carbonyl (C=O) groups excluding carboxylic acids is 1. The molecular formula is C22H20N2O3. The summed E-state index contributed by atoms with van der Waals surface area (Å²) in [6.45, 7) is 1.89. The minimum atomic E-state index is -0.976. The van der Waals surface area contributed by atoms with Crippen LogP contribution in [0.25, 0.3) is 11.1 Å². The summed E-state index contributed by atoms with van der Waals surface area (Å²) < 4.78 is 0. The second-order valence-corrected chi connectivity index (χ2v) is 6.28. The Morgan fingerprint density at radius 2 is 1.67 bits per heavy atom. The lowest BCUT2D eigenvalue weighted by atomic mass is 9.98. The molecular weight excluding hydrogens is 340 g/mol. The minimum Gasteiger partial charge on any atom is -0.481 e. The highest BCUT2D eigenvalue weighted by Gasteiger charge is 2.20. The van der Waals surface area contributed by atoms with Crippen LogP contribution in [0.1, 0.15) is 34.1 Å². The van der Waals surface area contributed by atoms with Gasteiger partial charge in [0.25, 0.3) is 5.91 Å². The number of nitrogens with one attached hydrogen (secondary N) is 1. The van der Waals surface area contributed by atoms with E-state index in [9.17, 15) is 14.7 Å². The Morgan fingerprint density at radius 3 is 2.30 bits per heavy atom. The molecule has 0 saturated heterocycles. The predicted molar refractivity (Wildman–Crippen MR) is 103 cm³/mol. The first kappa shape index (κ1) is 18.3. The van der Waals surface area contributed by atoms with E-state index in [4.69, 9.17) is 0 Å². The summed E-state index contributed by atoms with van der Waals surface area (Å²) in [4.78, 5) is 28.1. The van der Waals surface area contributed by atoms with E-state index in [0.29, 0.717) is 0 Å². The highest BCUT2D eigenvalue weighted by molar-refractivity contribution is 5.93. The number of rotatable bonds is 6. The van der Waals surface area contributed by atoms with Gasteiger partial charge in [-0.1, -0.05) is 60.7 Å². The summed E-state index contributed by atoms with van der Waals surface area (Å²) in [7, 11) is 0. The van der Waals surface area contributed by atoms with Gasteiger partial charge in [0.15, 0.2) is 0 Å². The quantitative estimate of drug-likeness (QED) is 0.696. The van der Waals surface area contributed by atoms with Crippen LogP contribution in [0, 0.1) is 6.92 Å². The number of pyridine rings is 1. The van der Waals surface area contributed by atoms with Crippen LogP contribution in [-0.2, 0) is 4.79 Å². The van der Waals surface area contributed by atoms with E-state index in [1.54, 1.807) is 12.3 Å². The molecule has 1 atom stereocenters. The summed E-state index contributed by atoms with van der Waals surface area (Å²) in [6.07, 6.45) is 1.45. The zero-order valence-electron chi connectivity index (χ0n) is 14.9. The molecule has 0 unspecified atom stereocenters. The Hall–Kier alpha value is -3.47. The van der Waals surface area contributed by atoms with Crippen molar-refractivity contribution >= 4 is 11.9 Å². The average Bonchev–Trinajstić information content (AvgIpc) is 2.68. The summed E-state index contributed by atoms with van der Waals surface area (Å²) in [5, 5.41) is 12.0. The summed E-state index contributed by atoms with van der Waals surface area (Å²) >= 11 is 0. The zero-order chi connectivity index (χ0) is 19.2. The van der Waals surface area contributed by atoms with Gasteiger partial charge >= 0.3 is 5.97 Å². The fraction of sp³-hybridized carbons (Fsp3) is 0.136. The highest BCUT2D eigenvalue weighted by atomic mass is 16.4. The van der Waals surface area contributed by atoms with Gasteiger partial charge in [0.1, 0.15) is 5.69 Å². The average molecular weight is 360 g/mol. The SMILES string of the molecule is Cc1ccccc1[C@H](CC(=O)O)NC(=O)c1ccc(-c2ccccc2)cn1. The number of carboxylic acid groups (broad SMARTS) is 1. The van der Waals surface area contributed by atoms with Crippen LogP contribution >= 0.6 is 0 Å². The summed E-state index contributed by atoms with van der Waals surface area (Å²) in [5.41, 5.74) is 3.89. The minimum absolute atomic E-state index is 0.196. The van der Waals surface area contributed by atoms with Gasteiger partial charge in [-0.05, 0) is 29.7 Å². The molecule has 2 N–H and O–H groups in total. The van der Waals surface area contributed by atoms with Crippen molar-refractivity contribution in [1.82, 2.24) is 10.3 Å². The van der Waals surface area contributed by atoms with Crippen LogP contribution in [-0.4, -0.2) is 22.0 Å². The number of nitrogens with zero attached hydrogens (tertiary/aromatic N) is 1. The molecule has 0 aliphatic rings. The van der Waals surface area contributed by atoms with E-state index < -0.39 is 17.9 Å². The fourth-order valence-corrected chi connectivity index (χ4v) is 2.95. The second-order valence-electron chi connectivity index (χ2n) is 6.28. The van der Waals surface area contributed by atoms with Crippen molar-refractivity contribution in [3.05, 3.63) is 89.7 Å². The molecule has 0 aliphatic heterocycles. The van der Waals surface area contributed by atoms with E-state index in [1.165, 1.54) is 0 Å². The maximum Gasteiger partial charge on any atom is 0.305 e. The number of benzene rings is 2. The van der Waals surface area contributed by atoms with Crippen molar-refractivity contribution in [2.24, 2.45) is 0 Å². The van der Waals surface area contributed by atoms with E-state index in [-0.39, 0.29) is 12.1 Å². The standard InChI is InChI=1S/C22H20N2O3/c1-15-7-5-6-10-18(15)20(13-21(25)26)24-22(27)19-12-11-17(14-23-19)16-8-3-2-4-9-16/h2-12,14,20H,13H2,1H3,(H,24,27)(H,25,26)/t20-/m0/s1. The van der Waals surface area contributed by atoms with Crippen LogP contribution in [0.2, 0.25) is 0 Å². The van der Waals surface area contributed by atoms with Crippen molar-refractivity contribution in [3.63, 3.8) is 0 Å². The summed E-state index contributed by atoms with van der Waals surface area (Å²) in [5.74, 6) is -1.37. The van der Waals surface area contributed by atoms with Gasteiger partial charge in [0.2, 0.25) is 0 Å². The monoisotopic (exact) mass is 360 g/mol. The molecule has 0 radical (unpaired) electrons. The molecule has 0 bridgehead atoms. The van der Waals surface area contributed by atoms with Gasteiger partial charge in [0.05, 0.1) is 12.5 Å². The van der Waals surface area contributed by atoms with Crippen molar-refractivity contribution < 1.29 is 14.7 Å². The Balaban J connectivity index is 1.79. The van der Waals surface area contributed by atoms with Gasteiger partial charge in [-0.15, -0.1) is 0 Å². The summed E-state index contributed by atoms with van der Waals surface area (Å²) in [6, 6.07) is 20.0. The van der Waals surface area contributed by atoms with Gasteiger partial charge in [-0.25, -0.2) is 0 Å². The number of carboxylic acids is 1. The fourth-order valence-electron chi connectivity index (χ4n) is 2.95. The van der Waals surface area contributed by atoms with Crippen LogP contribution in [0.5, 0.6) is 0 Å². The molecule has 3 rings (SSSR count). The van der Waals surface area contributed by atoms with Crippen LogP contribution < -0.4 is 5.32 Å². The molecule has 27 heavy (non-hydrogen) atoms. The Labute approximate surface area is 157 Å².